The summed E-state index contributed by atoms with van der Waals surface area (Å²) in [4.78, 5) is 23.9. The van der Waals surface area contributed by atoms with Gasteiger partial charge < -0.3 is 26.4 Å². The van der Waals surface area contributed by atoms with Gasteiger partial charge in [0.25, 0.3) is 0 Å². The molecule has 1 aromatic carbocycles. The van der Waals surface area contributed by atoms with Crippen molar-refractivity contribution in [2.75, 3.05) is 17.7 Å². The van der Waals surface area contributed by atoms with Crippen LogP contribution in [0.25, 0.3) is 10.2 Å². The zero-order valence-corrected chi connectivity index (χ0v) is 17.3. The molecule has 2 unspecified atom stereocenters. The SMILES string of the molecule is CNC(=O)NC1CCc2c(sc3ncnc(Nc4ccc5c(c4)SC(O)N5)c23)C1. The topological polar surface area (TPSA) is 111 Å². The van der Waals surface area contributed by atoms with Crippen molar-refractivity contribution >= 4 is 56.5 Å². The molecule has 150 valence electrons. The molecule has 10 heteroatoms. The number of aryl methyl sites for hydroxylation is 1. The summed E-state index contributed by atoms with van der Waals surface area (Å²) in [7, 11) is 1.63. The number of anilines is 3. The van der Waals surface area contributed by atoms with E-state index in [4.69, 9.17) is 0 Å². The Morgan fingerprint density at radius 3 is 3.10 bits per heavy atom. The van der Waals surface area contributed by atoms with Crippen LogP contribution in [-0.4, -0.2) is 39.8 Å². The molecule has 0 saturated carbocycles. The molecule has 0 bridgehead atoms. The normalized spacial score (nSPS) is 19.9. The minimum absolute atomic E-state index is 0.132. The van der Waals surface area contributed by atoms with E-state index in [-0.39, 0.29) is 12.1 Å². The molecular formula is C19H20N6O2S2. The molecule has 2 amide bonds. The predicted octanol–water partition coefficient (Wildman–Crippen LogP) is 3.01. The van der Waals surface area contributed by atoms with E-state index >= 15 is 0 Å². The van der Waals surface area contributed by atoms with E-state index in [2.05, 4.69) is 31.2 Å². The highest BCUT2D eigenvalue weighted by Gasteiger charge is 2.26. The second kappa shape index (κ2) is 7.36. The Hall–Kier alpha value is -2.56. The average Bonchev–Trinajstić information content (AvgIpc) is 3.26. The molecule has 1 aliphatic carbocycles. The zero-order chi connectivity index (χ0) is 20.0. The molecule has 3 aromatic rings. The Morgan fingerprint density at radius 2 is 2.24 bits per heavy atom. The first-order valence-corrected chi connectivity index (χ1v) is 11.1. The van der Waals surface area contributed by atoms with E-state index in [0.29, 0.717) is 0 Å². The summed E-state index contributed by atoms with van der Waals surface area (Å²) in [6, 6.07) is 5.93. The zero-order valence-electron chi connectivity index (χ0n) is 15.7. The maximum Gasteiger partial charge on any atom is 0.314 e. The summed E-state index contributed by atoms with van der Waals surface area (Å²) in [6.07, 6.45) is 4.16. The monoisotopic (exact) mass is 428 g/mol. The summed E-state index contributed by atoms with van der Waals surface area (Å²) < 4.78 is 0. The van der Waals surface area contributed by atoms with Gasteiger partial charge in [-0.1, -0.05) is 11.8 Å². The number of nitrogens with zero attached hydrogens (tertiary/aromatic N) is 2. The summed E-state index contributed by atoms with van der Waals surface area (Å²) in [5.41, 5.74) is 2.52. The van der Waals surface area contributed by atoms with Crippen molar-refractivity contribution in [1.82, 2.24) is 20.6 Å². The Kier molecular flexibility index (Phi) is 4.69. The second-order valence-corrected chi connectivity index (χ2v) is 9.23. The molecule has 2 aromatic heterocycles. The number of aliphatic hydroxyl groups is 1. The lowest BCUT2D eigenvalue weighted by Crippen LogP contribution is -2.43. The molecule has 1 aliphatic heterocycles. The summed E-state index contributed by atoms with van der Waals surface area (Å²) in [5.74, 6) is 0.793. The molecule has 5 rings (SSSR count). The fourth-order valence-corrected chi connectivity index (χ4v) is 5.96. The lowest BCUT2D eigenvalue weighted by molar-refractivity contribution is 0.238. The van der Waals surface area contributed by atoms with Crippen LogP contribution in [-0.2, 0) is 12.8 Å². The molecule has 8 nitrogen and oxygen atoms in total. The smallest absolute Gasteiger partial charge is 0.314 e. The first-order valence-electron chi connectivity index (χ1n) is 9.36. The summed E-state index contributed by atoms with van der Waals surface area (Å²) in [6.45, 7) is 0. The van der Waals surface area contributed by atoms with Gasteiger partial charge in [-0.25, -0.2) is 14.8 Å². The van der Waals surface area contributed by atoms with E-state index in [0.717, 1.165) is 51.6 Å². The number of hydrogen-bond donors (Lipinski definition) is 5. The Balaban J connectivity index is 1.44. The lowest BCUT2D eigenvalue weighted by atomic mass is 9.93. The number of fused-ring (bicyclic) bond motifs is 4. The number of nitrogens with one attached hydrogen (secondary N) is 4. The van der Waals surface area contributed by atoms with Gasteiger partial charge in [-0.3, -0.25) is 0 Å². The number of rotatable bonds is 3. The van der Waals surface area contributed by atoms with Crippen LogP contribution in [0, 0.1) is 0 Å². The number of carbonyl (C=O) groups is 1. The van der Waals surface area contributed by atoms with Gasteiger partial charge in [-0.15, -0.1) is 11.3 Å². The number of hydrogen-bond acceptors (Lipinski definition) is 8. The van der Waals surface area contributed by atoms with Crippen molar-refractivity contribution in [2.45, 2.75) is 35.8 Å². The number of aliphatic hydroxyl groups excluding tert-OH is 1. The third-order valence-corrected chi connectivity index (χ3v) is 7.26. The predicted molar refractivity (Wildman–Crippen MR) is 116 cm³/mol. The van der Waals surface area contributed by atoms with Crippen molar-refractivity contribution in [3.05, 3.63) is 35.0 Å². The largest absolute Gasteiger partial charge is 0.364 e. The standard InChI is InChI=1S/C19H20N6O2S2/c1-20-18(26)24-10-2-4-11-13(6-10)28-17-15(11)16(21-8-22-17)23-9-3-5-12-14(7-9)29-19(27)25-12/h3,5,7-8,10,19,25,27H,2,4,6H2,1H3,(H2,20,24,26)(H,21,22,23). The molecule has 0 spiro atoms. The first-order chi connectivity index (χ1) is 14.1. The number of urea groups is 1. The van der Waals surface area contributed by atoms with E-state index in [9.17, 15) is 9.90 Å². The fourth-order valence-electron chi connectivity index (χ4n) is 3.82. The molecule has 2 atom stereocenters. The molecular weight excluding hydrogens is 408 g/mol. The van der Waals surface area contributed by atoms with E-state index < -0.39 is 5.56 Å². The van der Waals surface area contributed by atoms with E-state index in [1.54, 1.807) is 24.7 Å². The Labute approximate surface area is 175 Å². The third-order valence-electron chi connectivity index (χ3n) is 5.17. The molecule has 29 heavy (non-hydrogen) atoms. The van der Waals surface area contributed by atoms with Crippen molar-refractivity contribution in [1.29, 1.82) is 0 Å². The highest BCUT2D eigenvalue weighted by molar-refractivity contribution is 8.00. The Morgan fingerprint density at radius 1 is 1.34 bits per heavy atom. The Bertz CT molecular complexity index is 1100. The van der Waals surface area contributed by atoms with Gasteiger partial charge in [-0.2, -0.15) is 0 Å². The van der Waals surface area contributed by atoms with Crippen LogP contribution in [0.3, 0.4) is 0 Å². The number of benzene rings is 1. The number of amides is 2. The van der Waals surface area contributed by atoms with Gasteiger partial charge in [0.05, 0.1) is 11.1 Å². The fraction of sp³-hybridized carbons (Fsp3) is 0.316. The van der Waals surface area contributed by atoms with Gasteiger partial charge in [0.2, 0.25) is 0 Å². The van der Waals surface area contributed by atoms with Crippen LogP contribution in [0.2, 0.25) is 0 Å². The summed E-state index contributed by atoms with van der Waals surface area (Å²) in [5, 5.41) is 22.9. The maximum absolute atomic E-state index is 11.6. The van der Waals surface area contributed by atoms with Gasteiger partial charge in [-0.05, 0) is 36.6 Å². The van der Waals surface area contributed by atoms with Crippen LogP contribution in [0.4, 0.5) is 22.0 Å². The highest BCUT2D eigenvalue weighted by atomic mass is 32.2. The van der Waals surface area contributed by atoms with Crippen molar-refractivity contribution in [3.8, 4) is 0 Å². The number of thiophene rings is 1. The van der Waals surface area contributed by atoms with Crippen LogP contribution < -0.4 is 21.3 Å². The lowest BCUT2D eigenvalue weighted by Gasteiger charge is -2.23. The van der Waals surface area contributed by atoms with Crippen LogP contribution in [0.15, 0.2) is 29.4 Å². The third kappa shape index (κ3) is 3.47. The first kappa shape index (κ1) is 18.5. The highest BCUT2D eigenvalue weighted by Crippen LogP contribution is 2.41. The van der Waals surface area contributed by atoms with Crippen LogP contribution >= 0.6 is 23.1 Å². The molecule has 3 heterocycles. The number of carbonyl (C=O) groups excluding carboxylic acids is 1. The van der Waals surface area contributed by atoms with Crippen molar-refractivity contribution < 1.29 is 9.90 Å². The van der Waals surface area contributed by atoms with Gasteiger partial charge >= 0.3 is 6.03 Å². The molecule has 2 aliphatic rings. The van der Waals surface area contributed by atoms with Crippen molar-refractivity contribution in [3.63, 3.8) is 0 Å². The van der Waals surface area contributed by atoms with Gasteiger partial charge in [0.15, 0.2) is 5.56 Å². The minimum Gasteiger partial charge on any atom is -0.364 e. The minimum atomic E-state index is -0.605. The maximum atomic E-state index is 11.6. The number of thioether (sulfide) groups is 1. The molecule has 5 N–H and O–H groups in total. The number of aromatic nitrogens is 2. The molecule has 0 radical (unpaired) electrons. The van der Waals surface area contributed by atoms with Crippen LogP contribution in [0.5, 0.6) is 0 Å². The van der Waals surface area contributed by atoms with E-state index in [1.807, 2.05) is 18.2 Å². The van der Waals surface area contributed by atoms with Gasteiger partial charge in [0.1, 0.15) is 17.0 Å². The molecule has 0 fully saturated rings. The van der Waals surface area contributed by atoms with Gasteiger partial charge in [0, 0.05) is 35.0 Å². The summed E-state index contributed by atoms with van der Waals surface area (Å²) >= 11 is 3.06. The average molecular weight is 429 g/mol. The second-order valence-electron chi connectivity index (χ2n) is 7.02. The quantitative estimate of drug-likeness (QED) is 0.436. The van der Waals surface area contributed by atoms with Crippen molar-refractivity contribution in [2.24, 2.45) is 0 Å². The van der Waals surface area contributed by atoms with Crippen LogP contribution in [0.1, 0.15) is 16.9 Å². The molecule has 0 saturated heterocycles. The van der Waals surface area contributed by atoms with E-state index in [1.165, 1.54) is 22.2 Å².